The quantitative estimate of drug-likeness (QED) is 0.438. The van der Waals surface area contributed by atoms with Crippen LogP contribution in [-0.4, -0.2) is 37.3 Å². The van der Waals surface area contributed by atoms with E-state index in [1.54, 1.807) is 18.3 Å². The molecule has 0 saturated carbocycles. The van der Waals surface area contributed by atoms with Crippen molar-refractivity contribution in [3.8, 4) is 0 Å². The highest BCUT2D eigenvalue weighted by Gasteiger charge is 2.27. The van der Waals surface area contributed by atoms with Crippen molar-refractivity contribution in [3.05, 3.63) is 65.3 Å². The van der Waals surface area contributed by atoms with Gasteiger partial charge in [-0.3, -0.25) is 9.59 Å². The van der Waals surface area contributed by atoms with Gasteiger partial charge in [-0.25, -0.2) is 8.42 Å². The number of aromatic nitrogens is 1. The molecule has 1 heterocycles. The largest absolute Gasteiger partial charge is 0.453 e. The van der Waals surface area contributed by atoms with Gasteiger partial charge >= 0.3 is 5.97 Å². The van der Waals surface area contributed by atoms with E-state index in [-0.39, 0.29) is 10.7 Å². The molecule has 9 heteroatoms. The number of ether oxygens (including phenoxy) is 1. The Balaban J connectivity index is 1.67. The minimum absolute atomic E-state index is 0.0375. The van der Waals surface area contributed by atoms with Crippen molar-refractivity contribution in [1.29, 1.82) is 0 Å². The van der Waals surface area contributed by atoms with Gasteiger partial charge in [0.05, 0.1) is 4.90 Å². The fourth-order valence-corrected chi connectivity index (χ4v) is 4.10. The first-order chi connectivity index (χ1) is 13.7. The second-order valence-electron chi connectivity index (χ2n) is 6.49. The number of para-hydroxylation sites is 1. The number of sulfonamides is 1. The van der Waals surface area contributed by atoms with Crippen LogP contribution in [0.2, 0.25) is 5.02 Å². The summed E-state index contributed by atoms with van der Waals surface area (Å²) < 4.78 is 32.2. The Kier molecular flexibility index (Phi) is 6.07. The highest BCUT2D eigenvalue weighted by molar-refractivity contribution is 7.89. The van der Waals surface area contributed by atoms with Crippen LogP contribution in [0, 0.1) is 0 Å². The molecule has 3 rings (SSSR count). The highest BCUT2D eigenvalue weighted by atomic mass is 35.5. The average Bonchev–Trinajstić information content (AvgIpc) is 3.11. The molecular weight excluding hydrogens is 416 g/mol. The van der Waals surface area contributed by atoms with Gasteiger partial charge in [0.2, 0.25) is 15.8 Å². The number of hydrogen-bond acceptors (Lipinski definition) is 5. The van der Waals surface area contributed by atoms with Crippen LogP contribution in [0.25, 0.3) is 10.9 Å². The Bertz CT molecular complexity index is 1160. The zero-order valence-corrected chi connectivity index (χ0v) is 17.3. The van der Waals surface area contributed by atoms with E-state index in [1.807, 2.05) is 12.1 Å². The lowest BCUT2D eigenvalue weighted by Crippen LogP contribution is -2.41. The van der Waals surface area contributed by atoms with Crippen LogP contribution in [-0.2, 0) is 19.6 Å². The highest BCUT2D eigenvalue weighted by Crippen LogP contribution is 2.20. The van der Waals surface area contributed by atoms with E-state index in [0.29, 0.717) is 10.6 Å². The van der Waals surface area contributed by atoms with Gasteiger partial charge in [0, 0.05) is 27.7 Å². The van der Waals surface area contributed by atoms with Crippen LogP contribution >= 0.6 is 11.6 Å². The Labute approximate surface area is 173 Å². The number of aromatic amines is 1. The van der Waals surface area contributed by atoms with Crippen molar-refractivity contribution >= 4 is 44.3 Å². The number of hydrogen-bond donors (Lipinski definition) is 2. The summed E-state index contributed by atoms with van der Waals surface area (Å²) in [6.45, 7) is 2.79. The minimum atomic E-state index is -3.95. The van der Waals surface area contributed by atoms with Gasteiger partial charge in [-0.1, -0.05) is 29.8 Å². The number of carbonyl (C=O) groups excluding carboxylic acids is 2. The summed E-state index contributed by atoms with van der Waals surface area (Å²) >= 11 is 5.76. The maximum absolute atomic E-state index is 12.7. The maximum Gasteiger partial charge on any atom is 0.324 e. The van der Waals surface area contributed by atoms with Crippen LogP contribution in [0.1, 0.15) is 24.2 Å². The van der Waals surface area contributed by atoms with Crippen molar-refractivity contribution in [2.24, 2.45) is 0 Å². The second kappa shape index (κ2) is 8.36. The van der Waals surface area contributed by atoms with Crippen LogP contribution < -0.4 is 4.72 Å². The molecule has 0 radical (unpaired) electrons. The van der Waals surface area contributed by atoms with E-state index < -0.39 is 28.1 Å². The van der Waals surface area contributed by atoms with E-state index in [0.717, 1.165) is 10.9 Å². The first kappa shape index (κ1) is 21.0. The topological polar surface area (TPSA) is 105 Å². The maximum atomic E-state index is 12.7. The third-order valence-electron chi connectivity index (χ3n) is 4.33. The summed E-state index contributed by atoms with van der Waals surface area (Å²) in [5.41, 5.74) is 1.19. The first-order valence-electron chi connectivity index (χ1n) is 8.78. The first-order valence-corrected chi connectivity index (χ1v) is 10.6. The molecule has 29 heavy (non-hydrogen) atoms. The van der Waals surface area contributed by atoms with E-state index in [1.165, 1.54) is 38.1 Å². The number of nitrogens with one attached hydrogen (secondary N) is 2. The molecule has 0 fully saturated rings. The molecule has 7 nitrogen and oxygen atoms in total. The summed E-state index contributed by atoms with van der Waals surface area (Å²) in [4.78, 5) is 27.9. The summed E-state index contributed by atoms with van der Waals surface area (Å²) in [7, 11) is -3.95. The van der Waals surface area contributed by atoms with Crippen LogP contribution in [0.15, 0.2) is 59.6 Å². The Morgan fingerprint density at radius 2 is 1.72 bits per heavy atom. The van der Waals surface area contributed by atoms with Gasteiger partial charge in [-0.2, -0.15) is 4.72 Å². The molecule has 3 aromatic rings. The molecule has 0 amide bonds. The van der Waals surface area contributed by atoms with Crippen molar-refractivity contribution in [2.75, 3.05) is 0 Å². The normalized spacial score (nSPS) is 13.8. The molecule has 2 atom stereocenters. The predicted octanol–water partition coefficient (Wildman–Crippen LogP) is 3.30. The molecule has 0 aliphatic heterocycles. The van der Waals surface area contributed by atoms with Gasteiger partial charge < -0.3 is 9.72 Å². The molecule has 1 aromatic heterocycles. The Morgan fingerprint density at radius 3 is 2.41 bits per heavy atom. The fraction of sp³-hybridized carbons (Fsp3) is 0.200. The molecule has 0 saturated heterocycles. The number of H-pyrrole nitrogens is 1. The van der Waals surface area contributed by atoms with Crippen molar-refractivity contribution in [2.45, 2.75) is 30.9 Å². The molecule has 0 bridgehead atoms. The average molecular weight is 435 g/mol. The fourth-order valence-electron chi connectivity index (χ4n) is 2.79. The summed E-state index contributed by atoms with van der Waals surface area (Å²) in [5.74, 6) is -1.24. The second-order valence-corrected chi connectivity index (χ2v) is 8.64. The van der Waals surface area contributed by atoms with E-state index in [9.17, 15) is 18.0 Å². The van der Waals surface area contributed by atoms with Crippen molar-refractivity contribution in [1.82, 2.24) is 9.71 Å². The standard InChI is InChI=1S/C20H19ClN2O5S/c1-12(23-29(26,27)15-9-7-14(21)8-10-15)20(25)28-13(2)19(24)17-11-22-18-6-4-3-5-16(17)18/h3-13,22-23H,1-2H3/t12-,13?/m0/s1. The lowest BCUT2D eigenvalue weighted by atomic mass is 10.1. The Morgan fingerprint density at radius 1 is 1.07 bits per heavy atom. The van der Waals surface area contributed by atoms with Crippen LogP contribution in [0.4, 0.5) is 0 Å². The third kappa shape index (κ3) is 4.67. The minimum Gasteiger partial charge on any atom is -0.453 e. The number of fused-ring (bicyclic) bond motifs is 1. The number of carbonyl (C=O) groups is 2. The SMILES string of the molecule is CC(OC(=O)[C@H](C)NS(=O)(=O)c1ccc(Cl)cc1)C(=O)c1c[nH]c2ccccc12. The summed E-state index contributed by atoms with van der Waals surface area (Å²) in [5, 5.41) is 1.11. The molecule has 0 spiro atoms. The Hall–Kier alpha value is -2.68. The van der Waals surface area contributed by atoms with E-state index in [2.05, 4.69) is 9.71 Å². The lowest BCUT2D eigenvalue weighted by molar-refractivity contribution is -0.147. The molecule has 2 N–H and O–H groups in total. The van der Waals surface area contributed by atoms with Crippen LogP contribution in [0.5, 0.6) is 0 Å². The monoisotopic (exact) mass is 434 g/mol. The number of rotatable bonds is 7. The van der Waals surface area contributed by atoms with Gasteiger partial charge in [0.1, 0.15) is 6.04 Å². The third-order valence-corrected chi connectivity index (χ3v) is 6.13. The van der Waals surface area contributed by atoms with E-state index >= 15 is 0 Å². The predicted molar refractivity (Wildman–Crippen MR) is 109 cm³/mol. The molecule has 2 aromatic carbocycles. The number of ketones is 1. The molecular formula is C20H19ClN2O5S. The number of Topliss-reactive ketones (excluding diaryl/α,β-unsaturated/α-hetero) is 1. The molecule has 0 aliphatic rings. The van der Waals surface area contributed by atoms with Gasteiger partial charge in [0.15, 0.2) is 6.10 Å². The molecule has 0 aliphatic carbocycles. The van der Waals surface area contributed by atoms with E-state index in [4.69, 9.17) is 16.3 Å². The molecule has 1 unspecified atom stereocenters. The van der Waals surface area contributed by atoms with Crippen LogP contribution in [0.3, 0.4) is 0 Å². The van der Waals surface area contributed by atoms with Crippen molar-refractivity contribution < 1.29 is 22.7 Å². The molecule has 152 valence electrons. The van der Waals surface area contributed by atoms with Crippen molar-refractivity contribution in [3.63, 3.8) is 0 Å². The lowest BCUT2D eigenvalue weighted by Gasteiger charge is -2.17. The smallest absolute Gasteiger partial charge is 0.324 e. The number of halogens is 1. The summed E-state index contributed by atoms with van der Waals surface area (Å²) in [6, 6.07) is 11.6. The zero-order valence-electron chi connectivity index (χ0n) is 15.7. The zero-order chi connectivity index (χ0) is 21.2. The summed E-state index contributed by atoms with van der Waals surface area (Å²) in [6.07, 6.45) is 0.480. The van der Waals surface area contributed by atoms with Gasteiger partial charge in [0.25, 0.3) is 0 Å². The number of benzene rings is 2. The van der Waals surface area contributed by atoms with Gasteiger partial charge in [-0.05, 0) is 44.2 Å². The van der Waals surface area contributed by atoms with Gasteiger partial charge in [-0.15, -0.1) is 0 Å². The number of esters is 1.